The number of nitrogens with two attached hydrogens (primary N) is 4. The molecule has 0 saturated heterocycles. The second-order valence-corrected chi connectivity index (χ2v) is 18.8. The maximum Gasteiger partial charge on any atom is 0.328 e. The van der Waals surface area contributed by atoms with Crippen LogP contribution < -0.4 is 65.5 Å². The number of guanidine groups is 1. The first-order valence-corrected chi connectivity index (χ1v) is 25.6. The Bertz CT molecular complexity index is 2580. The van der Waals surface area contributed by atoms with Crippen LogP contribution in [-0.4, -0.2) is 193 Å². The first kappa shape index (κ1) is 66.5. The molecule has 22 N–H and O–H groups in total. The fraction of sp³-hybridized carbons (Fsp3) is 0.522. The summed E-state index contributed by atoms with van der Waals surface area (Å²) < 4.78 is 0. The average Bonchev–Trinajstić information content (AvgIpc) is 3.76. The number of carbonyl (C=O) groups excluding carboxylic acids is 9. The van der Waals surface area contributed by atoms with E-state index in [4.69, 9.17) is 28.0 Å². The molecule has 0 radical (unpaired) electrons. The largest absolute Gasteiger partial charge is 0.481 e. The molecule has 0 aliphatic heterocycles. The molecule has 2 rings (SSSR count). The van der Waals surface area contributed by atoms with Crippen molar-refractivity contribution < 1.29 is 87.9 Å². The standard InChI is InChI=1S/C46H68N14O18S/c1-20(53-38(70)24(47)16-34(65)66)37(69)54-26(9-6-13-51-46(49)50)39(71)55-27(10-11-33(63)64)40(72)56-28(12-14-79-3)41(73)58-30(17-32(48)62)43(75)57-29(15-22-19-52-25-8-5-4-7-23(22)25)42(74)59-31(18-35(67)68)44(76)60-36(21(2)61)45(77)78/h4-5,7-8,19-21,24,26-31,36,52,61H,6,9-18,47H2,1-3H3,(H2,48,62)(H,53,70)(H,54,69)(H,55,71)(H,56,72)(H,57,75)(H,58,73)(H,59,74)(H,60,76)(H,63,64)(H,65,66)(H,67,68)(H,77,78)(H4,49,50,51)/t20-,21+,24-,26-,27-,28-,29-,30-,31-,36-/m0/s1. The highest BCUT2D eigenvalue weighted by Crippen LogP contribution is 2.20. The van der Waals surface area contributed by atoms with Gasteiger partial charge in [0.1, 0.15) is 42.3 Å². The van der Waals surface area contributed by atoms with E-state index in [0.717, 1.165) is 6.92 Å². The maximum absolute atomic E-state index is 14.2. The number of carbonyl (C=O) groups is 13. The number of carboxylic acids is 4. The molecule has 0 fully saturated rings. The van der Waals surface area contributed by atoms with Crippen LogP contribution in [0.4, 0.5) is 0 Å². The number of aliphatic hydroxyl groups is 1. The smallest absolute Gasteiger partial charge is 0.328 e. The van der Waals surface area contributed by atoms with E-state index in [1.54, 1.807) is 30.5 Å². The number of primary amides is 1. The Hall–Kier alpha value is -8.59. The van der Waals surface area contributed by atoms with Crippen LogP contribution >= 0.6 is 11.8 Å². The van der Waals surface area contributed by atoms with Gasteiger partial charge in [0.15, 0.2) is 12.0 Å². The van der Waals surface area contributed by atoms with E-state index in [0.29, 0.717) is 16.5 Å². The van der Waals surface area contributed by atoms with E-state index < -0.39 is 176 Å². The van der Waals surface area contributed by atoms with Gasteiger partial charge in [-0.3, -0.25) is 62.5 Å². The molecule has 32 nitrogen and oxygen atoms in total. The number of para-hydroxylation sites is 1. The van der Waals surface area contributed by atoms with Gasteiger partial charge in [-0.2, -0.15) is 11.8 Å². The summed E-state index contributed by atoms with van der Waals surface area (Å²) in [5, 5.41) is 66.3. The Morgan fingerprint density at radius 1 is 0.595 bits per heavy atom. The number of aromatic amines is 1. The first-order chi connectivity index (χ1) is 37.0. The van der Waals surface area contributed by atoms with Crippen molar-refractivity contribution >= 4 is 106 Å². The number of carboxylic acid groups (broad SMARTS) is 4. The molecule has 436 valence electrons. The fourth-order valence-corrected chi connectivity index (χ4v) is 7.78. The number of aliphatic carboxylic acids is 4. The number of amides is 9. The zero-order valence-electron chi connectivity index (χ0n) is 43.1. The van der Waals surface area contributed by atoms with Gasteiger partial charge in [0.2, 0.25) is 53.2 Å². The predicted molar refractivity (Wildman–Crippen MR) is 279 cm³/mol. The van der Waals surface area contributed by atoms with Gasteiger partial charge in [0.05, 0.1) is 31.4 Å². The summed E-state index contributed by atoms with van der Waals surface area (Å²) in [6.07, 6.45) is -3.53. The van der Waals surface area contributed by atoms with Crippen LogP contribution in [0.1, 0.15) is 70.8 Å². The van der Waals surface area contributed by atoms with Crippen molar-refractivity contribution in [1.29, 1.82) is 0 Å². The van der Waals surface area contributed by atoms with Crippen LogP contribution in [0.2, 0.25) is 0 Å². The molecular formula is C46H68N14O18S. The Morgan fingerprint density at radius 2 is 1.09 bits per heavy atom. The van der Waals surface area contributed by atoms with Crippen molar-refractivity contribution in [3.8, 4) is 0 Å². The van der Waals surface area contributed by atoms with Crippen LogP contribution in [-0.2, 0) is 68.7 Å². The summed E-state index contributed by atoms with van der Waals surface area (Å²) in [7, 11) is 0. The number of fused-ring (bicyclic) bond motifs is 1. The highest BCUT2D eigenvalue weighted by molar-refractivity contribution is 7.98. The molecule has 0 spiro atoms. The zero-order chi connectivity index (χ0) is 59.7. The summed E-state index contributed by atoms with van der Waals surface area (Å²) in [6.45, 7) is 2.16. The number of aromatic nitrogens is 1. The van der Waals surface area contributed by atoms with Gasteiger partial charge in [-0.25, -0.2) is 4.79 Å². The van der Waals surface area contributed by atoms with Gasteiger partial charge in [-0.1, -0.05) is 18.2 Å². The third-order valence-electron chi connectivity index (χ3n) is 11.4. The van der Waals surface area contributed by atoms with Crippen molar-refractivity contribution in [3.63, 3.8) is 0 Å². The molecule has 1 aromatic carbocycles. The number of aliphatic hydroxyl groups excluding tert-OH is 1. The molecule has 0 aliphatic carbocycles. The minimum absolute atomic E-state index is 0.0279. The minimum atomic E-state index is -2.00. The Kier molecular flexibility index (Phi) is 27.7. The third-order valence-corrected chi connectivity index (χ3v) is 12.1. The van der Waals surface area contributed by atoms with Crippen molar-refractivity contribution in [2.45, 2.75) is 132 Å². The van der Waals surface area contributed by atoms with Gasteiger partial charge >= 0.3 is 23.9 Å². The van der Waals surface area contributed by atoms with Gasteiger partial charge in [-0.05, 0) is 63.2 Å². The lowest BCUT2D eigenvalue weighted by Crippen LogP contribution is -2.61. The minimum Gasteiger partial charge on any atom is -0.481 e. The van der Waals surface area contributed by atoms with Gasteiger partial charge in [0, 0.05) is 36.5 Å². The second kappa shape index (κ2) is 32.9. The number of aliphatic imine (C=N–C) groups is 1. The number of H-pyrrole nitrogens is 1. The second-order valence-electron chi connectivity index (χ2n) is 17.9. The van der Waals surface area contributed by atoms with Crippen LogP contribution in [0.25, 0.3) is 10.9 Å². The molecule has 9 amide bonds. The topological polar surface area (TPSA) is 552 Å². The third kappa shape index (κ3) is 23.7. The normalized spacial score (nSPS) is 14.7. The van der Waals surface area contributed by atoms with Crippen LogP contribution in [0.5, 0.6) is 0 Å². The first-order valence-electron chi connectivity index (χ1n) is 24.2. The molecule has 1 heterocycles. The molecule has 0 aliphatic rings. The highest BCUT2D eigenvalue weighted by Gasteiger charge is 2.37. The van der Waals surface area contributed by atoms with Gasteiger partial charge < -0.3 is 96.0 Å². The van der Waals surface area contributed by atoms with E-state index >= 15 is 0 Å². The monoisotopic (exact) mass is 1140 g/mol. The lowest BCUT2D eigenvalue weighted by atomic mass is 10.0. The molecule has 1 aromatic heterocycles. The fourth-order valence-electron chi connectivity index (χ4n) is 7.31. The van der Waals surface area contributed by atoms with Crippen molar-refractivity contribution in [2.75, 3.05) is 18.6 Å². The molecule has 0 unspecified atom stereocenters. The molecule has 33 heteroatoms. The predicted octanol–water partition coefficient (Wildman–Crippen LogP) is -6.10. The summed E-state index contributed by atoms with van der Waals surface area (Å²) in [5.74, 6) is -16.6. The summed E-state index contributed by atoms with van der Waals surface area (Å²) in [5.41, 5.74) is 22.8. The van der Waals surface area contributed by atoms with Gasteiger partial charge in [0.25, 0.3) is 0 Å². The molecule has 2 aromatic rings. The lowest BCUT2D eigenvalue weighted by Gasteiger charge is -2.27. The van der Waals surface area contributed by atoms with Crippen molar-refractivity contribution in [2.24, 2.45) is 27.9 Å². The lowest BCUT2D eigenvalue weighted by molar-refractivity contribution is -0.146. The summed E-state index contributed by atoms with van der Waals surface area (Å²) in [6, 6.07) is -8.79. The molecule has 10 atom stereocenters. The number of thioether (sulfide) groups is 1. The average molecular weight is 1140 g/mol. The Morgan fingerprint density at radius 3 is 1.62 bits per heavy atom. The Balaban J connectivity index is 2.52. The molecular weight excluding hydrogens is 1070 g/mol. The molecule has 79 heavy (non-hydrogen) atoms. The van der Waals surface area contributed by atoms with E-state index in [2.05, 4.69) is 47.2 Å². The number of nitrogens with zero attached hydrogens (tertiary/aromatic N) is 1. The van der Waals surface area contributed by atoms with Crippen LogP contribution in [0.3, 0.4) is 0 Å². The Labute approximate surface area is 454 Å². The number of benzene rings is 1. The van der Waals surface area contributed by atoms with E-state index in [1.807, 2.05) is 5.32 Å². The highest BCUT2D eigenvalue weighted by atomic mass is 32.2. The zero-order valence-corrected chi connectivity index (χ0v) is 44.0. The summed E-state index contributed by atoms with van der Waals surface area (Å²) >= 11 is 1.19. The molecule has 0 saturated carbocycles. The van der Waals surface area contributed by atoms with Crippen molar-refractivity contribution in [1.82, 2.24) is 47.5 Å². The number of hydrogen-bond acceptors (Lipinski definition) is 17. The van der Waals surface area contributed by atoms with E-state index in [-0.39, 0.29) is 37.5 Å². The number of rotatable bonds is 36. The summed E-state index contributed by atoms with van der Waals surface area (Å²) in [4.78, 5) is 175. The van der Waals surface area contributed by atoms with E-state index in [9.17, 15) is 82.8 Å². The van der Waals surface area contributed by atoms with Gasteiger partial charge in [-0.15, -0.1) is 0 Å². The number of hydrogen-bond donors (Lipinski definition) is 18. The quantitative estimate of drug-likeness (QED) is 0.0172. The van der Waals surface area contributed by atoms with Crippen LogP contribution in [0.15, 0.2) is 35.5 Å². The van der Waals surface area contributed by atoms with Crippen LogP contribution in [0, 0.1) is 0 Å². The maximum atomic E-state index is 14.2. The van der Waals surface area contributed by atoms with Crippen molar-refractivity contribution in [3.05, 3.63) is 36.0 Å². The number of nitrogens with one attached hydrogen (secondary N) is 9. The molecule has 0 bridgehead atoms. The SMILES string of the molecule is CSCC[C@H](NC(=O)[C@H](CCC(=O)O)NC(=O)[C@H](CCCN=C(N)N)NC(=O)[C@H](C)NC(=O)[C@@H](N)CC(=O)O)C(=O)N[C@@H](CC(N)=O)C(=O)N[C@@H](Cc1c[nH]c2ccccc12)C(=O)N[C@@H](CC(=O)O)C(=O)N[C@H](C(=O)O)[C@@H](C)O. The van der Waals surface area contributed by atoms with E-state index in [1.165, 1.54) is 24.9 Å².